The van der Waals surface area contributed by atoms with Gasteiger partial charge in [0.05, 0.1) is 5.54 Å². The van der Waals surface area contributed by atoms with Crippen molar-refractivity contribution < 1.29 is 4.79 Å². The molecule has 1 aliphatic heterocycles. The number of rotatable bonds is 2. The highest BCUT2D eigenvalue weighted by Crippen LogP contribution is 2.43. The molecule has 0 aromatic carbocycles. The number of carbonyl (C=O) groups is 1. The molecular weight excluding hydrogens is 186 g/mol. The van der Waals surface area contributed by atoms with E-state index in [2.05, 4.69) is 18.7 Å². The molecule has 2 atom stereocenters. The van der Waals surface area contributed by atoms with Crippen molar-refractivity contribution in [2.75, 3.05) is 13.1 Å². The molecule has 0 bridgehead atoms. The Hall–Kier alpha value is -0.370. The molecule has 2 unspecified atom stereocenters. The Morgan fingerprint density at radius 1 is 1.47 bits per heavy atom. The minimum Gasteiger partial charge on any atom is -0.298 e. The van der Waals surface area contributed by atoms with Crippen molar-refractivity contribution in [3.05, 3.63) is 0 Å². The van der Waals surface area contributed by atoms with Crippen LogP contribution < -0.4 is 0 Å². The van der Waals surface area contributed by atoms with Gasteiger partial charge in [0.15, 0.2) is 5.78 Å². The Labute approximate surface area is 93.0 Å². The lowest BCUT2D eigenvalue weighted by Crippen LogP contribution is -2.56. The largest absolute Gasteiger partial charge is 0.298 e. The molecule has 0 N–H and O–H groups in total. The van der Waals surface area contributed by atoms with E-state index in [1.807, 2.05) is 0 Å². The van der Waals surface area contributed by atoms with Crippen LogP contribution in [-0.4, -0.2) is 29.3 Å². The summed E-state index contributed by atoms with van der Waals surface area (Å²) in [5.74, 6) is 1.11. The fourth-order valence-electron chi connectivity index (χ4n) is 3.65. The average molecular weight is 209 g/mol. The molecular formula is C13H23NO. The van der Waals surface area contributed by atoms with Gasteiger partial charge in [-0.2, -0.15) is 0 Å². The SMILES string of the molecule is CCCN1CCCC12C(=O)CCCC2C. The van der Waals surface area contributed by atoms with Crippen LogP contribution in [0.3, 0.4) is 0 Å². The molecule has 2 aliphatic rings. The number of Topliss-reactive ketones (excluding diaryl/α,β-unsaturated/α-hetero) is 1. The third-order valence-corrected chi connectivity index (χ3v) is 4.38. The monoisotopic (exact) mass is 209 g/mol. The van der Waals surface area contributed by atoms with E-state index in [0.717, 1.165) is 32.4 Å². The van der Waals surface area contributed by atoms with Gasteiger partial charge in [0.2, 0.25) is 0 Å². The summed E-state index contributed by atoms with van der Waals surface area (Å²) in [5.41, 5.74) is -0.0474. The lowest BCUT2D eigenvalue weighted by atomic mass is 9.71. The smallest absolute Gasteiger partial charge is 0.153 e. The van der Waals surface area contributed by atoms with E-state index in [1.54, 1.807) is 0 Å². The second-order valence-corrected chi connectivity index (χ2v) is 5.23. The van der Waals surface area contributed by atoms with Crippen molar-refractivity contribution in [2.45, 2.75) is 57.9 Å². The predicted octanol–water partition coefficient (Wildman–Crippen LogP) is 2.62. The first-order chi connectivity index (χ1) is 7.21. The Kier molecular flexibility index (Phi) is 3.15. The fourth-order valence-corrected chi connectivity index (χ4v) is 3.65. The standard InChI is InChI=1S/C13H23NO/c1-3-9-14-10-5-8-13(14)11(2)6-4-7-12(13)15/h11H,3-10H2,1-2H3. The maximum absolute atomic E-state index is 12.3. The van der Waals surface area contributed by atoms with E-state index in [1.165, 1.54) is 19.3 Å². The maximum Gasteiger partial charge on any atom is 0.153 e. The second-order valence-electron chi connectivity index (χ2n) is 5.23. The molecule has 1 aliphatic carbocycles. The topological polar surface area (TPSA) is 20.3 Å². The van der Waals surface area contributed by atoms with Gasteiger partial charge in [0.25, 0.3) is 0 Å². The van der Waals surface area contributed by atoms with Gasteiger partial charge in [-0.1, -0.05) is 13.8 Å². The molecule has 0 aromatic heterocycles. The number of carbonyl (C=O) groups excluding carboxylic acids is 1. The minimum atomic E-state index is -0.0474. The van der Waals surface area contributed by atoms with Crippen LogP contribution in [0.4, 0.5) is 0 Å². The van der Waals surface area contributed by atoms with Crippen LogP contribution in [0, 0.1) is 5.92 Å². The van der Waals surface area contributed by atoms with Gasteiger partial charge in [0.1, 0.15) is 0 Å². The molecule has 15 heavy (non-hydrogen) atoms. The quantitative estimate of drug-likeness (QED) is 0.697. The summed E-state index contributed by atoms with van der Waals surface area (Å²) in [7, 11) is 0. The lowest BCUT2D eigenvalue weighted by molar-refractivity contribution is -0.136. The molecule has 2 nitrogen and oxygen atoms in total. The first-order valence-corrected chi connectivity index (χ1v) is 6.50. The molecule has 1 saturated heterocycles. The van der Waals surface area contributed by atoms with Gasteiger partial charge in [0, 0.05) is 6.42 Å². The van der Waals surface area contributed by atoms with Crippen LogP contribution >= 0.6 is 0 Å². The normalized spacial score (nSPS) is 37.7. The zero-order valence-electron chi connectivity index (χ0n) is 10.1. The first kappa shape index (κ1) is 11.1. The number of hydrogen-bond acceptors (Lipinski definition) is 2. The molecule has 1 spiro atoms. The summed E-state index contributed by atoms with van der Waals surface area (Å²) >= 11 is 0. The molecule has 0 aromatic rings. The summed E-state index contributed by atoms with van der Waals surface area (Å²) in [5, 5.41) is 0. The fraction of sp³-hybridized carbons (Fsp3) is 0.923. The van der Waals surface area contributed by atoms with Crippen LogP contribution in [0.25, 0.3) is 0 Å². The third kappa shape index (κ3) is 1.63. The number of ketones is 1. The molecule has 1 heterocycles. The molecule has 0 radical (unpaired) electrons. The van der Waals surface area contributed by atoms with E-state index in [-0.39, 0.29) is 5.54 Å². The van der Waals surface area contributed by atoms with Gasteiger partial charge >= 0.3 is 0 Å². The molecule has 0 amide bonds. The molecule has 2 heteroatoms. The molecule has 1 saturated carbocycles. The zero-order chi connectivity index (χ0) is 10.9. The van der Waals surface area contributed by atoms with E-state index in [0.29, 0.717) is 11.7 Å². The summed E-state index contributed by atoms with van der Waals surface area (Å²) in [6.45, 7) is 6.75. The number of hydrogen-bond donors (Lipinski definition) is 0. The summed E-state index contributed by atoms with van der Waals surface area (Å²) in [6.07, 6.45) is 6.68. The van der Waals surface area contributed by atoms with E-state index in [9.17, 15) is 4.79 Å². The van der Waals surface area contributed by atoms with Crippen molar-refractivity contribution in [3.8, 4) is 0 Å². The average Bonchev–Trinajstić information content (AvgIpc) is 2.61. The van der Waals surface area contributed by atoms with Gasteiger partial charge in [-0.05, 0) is 51.1 Å². The highest BCUT2D eigenvalue weighted by Gasteiger charge is 2.51. The highest BCUT2D eigenvalue weighted by molar-refractivity contribution is 5.89. The highest BCUT2D eigenvalue weighted by atomic mass is 16.1. The minimum absolute atomic E-state index is 0.0474. The van der Waals surface area contributed by atoms with Crippen LogP contribution in [-0.2, 0) is 4.79 Å². The maximum atomic E-state index is 12.3. The van der Waals surface area contributed by atoms with Gasteiger partial charge in [-0.15, -0.1) is 0 Å². The second kappa shape index (κ2) is 4.25. The van der Waals surface area contributed by atoms with E-state index in [4.69, 9.17) is 0 Å². The van der Waals surface area contributed by atoms with Crippen LogP contribution in [0.1, 0.15) is 52.4 Å². The van der Waals surface area contributed by atoms with Crippen LogP contribution in [0.5, 0.6) is 0 Å². The molecule has 86 valence electrons. The van der Waals surface area contributed by atoms with Gasteiger partial charge in [-0.3, -0.25) is 9.69 Å². The molecule has 2 rings (SSSR count). The van der Waals surface area contributed by atoms with Gasteiger partial charge in [-0.25, -0.2) is 0 Å². The number of nitrogens with zero attached hydrogens (tertiary/aromatic N) is 1. The van der Waals surface area contributed by atoms with Crippen molar-refractivity contribution in [2.24, 2.45) is 5.92 Å². The third-order valence-electron chi connectivity index (χ3n) is 4.38. The van der Waals surface area contributed by atoms with Crippen molar-refractivity contribution in [3.63, 3.8) is 0 Å². The van der Waals surface area contributed by atoms with Gasteiger partial charge < -0.3 is 0 Å². The lowest BCUT2D eigenvalue weighted by Gasteiger charge is -2.44. The van der Waals surface area contributed by atoms with Crippen LogP contribution in [0.2, 0.25) is 0 Å². The summed E-state index contributed by atoms with van der Waals surface area (Å²) in [4.78, 5) is 14.8. The Bertz CT molecular complexity index is 251. The Balaban J connectivity index is 2.23. The van der Waals surface area contributed by atoms with Crippen molar-refractivity contribution >= 4 is 5.78 Å². The molecule has 2 fully saturated rings. The Morgan fingerprint density at radius 3 is 2.93 bits per heavy atom. The summed E-state index contributed by atoms with van der Waals surface area (Å²) in [6, 6.07) is 0. The van der Waals surface area contributed by atoms with Crippen molar-refractivity contribution in [1.82, 2.24) is 4.90 Å². The zero-order valence-corrected chi connectivity index (χ0v) is 10.1. The number of likely N-dealkylation sites (tertiary alicyclic amines) is 1. The predicted molar refractivity (Wildman–Crippen MR) is 61.9 cm³/mol. The van der Waals surface area contributed by atoms with Crippen LogP contribution in [0.15, 0.2) is 0 Å². The summed E-state index contributed by atoms with van der Waals surface area (Å²) < 4.78 is 0. The van der Waals surface area contributed by atoms with E-state index < -0.39 is 0 Å². The Morgan fingerprint density at radius 2 is 2.27 bits per heavy atom. The van der Waals surface area contributed by atoms with Crippen molar-refractivity contribution in [1.29, 1.82) is 0 Å². The first-order valence-electron chi connectivity index (χ1n) is 6.50. The van der Waals surface area contributed by atoms with E-state index >= 15 is 0 Å².